The smallest absolute Gasteiger partial charge is 0.307 e. The molecule has 28 heavy (non-hydrogen) atoms. The Hall–Kier alpha value is -3.19. The van der Waals surface area contributed by atoms with Crippen LogP contribution in [0.2, 0.25) is 0 Å². The van der Waals surface area contributed by atoms with Crippen molar-refractivity contribution >= 4 is 38.2 Å². The van der Waals surface area contributed by atoms with Crippen LogP contribution >= 0.6 is 0 Å². The van der Waals surface area contributed by atoms with E-state index in [9.17, 15) is 18.0 Å². The number of amides is 1. The summed E-state index contributed by atoms with van der Waals surface area (Å²) in [6.07, 6.45) is 0.0573. The lowest BCUT2D eigenvalue weighted by atomic mass is 10.1. The van der Waals surface area contributed by atoms with Crippen molar-refractivity contribution in [2.45, 2.75) is 16.2 Å². The van der Waals surface area contributed by atoms with Gasteiger partial charge in [0.2, 0.25) is 9.84 Å². The Morgan fingerprint density at radius 1 is 1.00 bits per heavy atom. The van der Waals surface area contributed by atoms with Gasteiger partial charge in [-0.2, -0.15) is 0 Å². The van der Waals surface area contributed by atoms with Crippen LogP contribution in [0, 0.1) is 0 Å². The maximum absolute atomic E-state index is 13.1. The van der Waals surface area contributed by atoms with Crippen LogP contribution in [0.3, 0.4) is 0 Å². The summed E-state index contributed by atoms with van der Waals surface area (Å²) < 4.78 is 30.9. The molecule has 0 saturated carbocycles. The van der Waals surface area contributed by atoms with Gasteiger partial charge in [0.05, 0.1) is 29.0 Å². The number of ether oxygens (including phenoxy) is 1. The van der Waals surface area contributed by atoms with E-state index in [1.54, 1.807) is 54.6 Å². The number of anilines is 1. The topological polar surface area (TPSA) is 80.8 Å². The van der Waals surface area contributed by atoms with Crippen LogP contribution in [0.1, 0.15) is 16.8 Å². The zero-order chi connectivity index (χ0) is 19.9. The van der Waals surface area contributed by atoms with E-state index in [0.29, 0.717) is 22.0 Å². The lowest BCUT2D eigenvalue weighted by molar-refractivity contribution is -0.140. The molecule has 0 bridgehead atoms. The third kappa shape index (κ3) is 2.75. The van der Waals surface area contributed by atoms with E-state index in [1.807, 2.05) is 0 Å². The average molecular weight is 395 g/mol. The minimum Gasteiger partial charge on any atom is -0.469 e. The average Bonchev–Trinajstić information content (AvgIpc) is 3.00. The van der Waals surface area contributed by atoms with Crippen LogP contribution in [-0.2, 0) is 19.4 Å². The highest BCUT2D eigenvalue weighted by Gasteiger charge is 2.32. The second-order valence-electron chi connectivity index (χ2n) is 6.41. The second-order valence-corrected chi connectivity index (χ2v) is 8.33. The Bertz CT molecular complexity index is 1200. The minimum absolute atomic E-state index is 0.0573. The molecule has 1 aliphatic heterocycles. The minimum atomic E-state index is -3.74. The maximum atomic E-state index is 13.1. The lowest BCUT2D eigenvalue weighted by Crippen LogP contribution is -2.29. The molecule has 0 spiro atoms. The number of carbonyl (C=O) groups excluding carboxylic acids is 2. The van der Waals surface area contributed by atoms with Crippen molar-refractivity contribution < 1.29 is 22.7 Å². The van der Waals surface area contributed by atoms with E-state index in [0.717, 1.165) is 0 Å². The van der Waals surface area contributed by atoms with E-state index in [1.165, 1.54) is 18.1 Å². The summed E-state index contributed by atoms with van der Waals surface area (Å²) in [6, 6.07) is 16.4. The Balaban J connectivity index is 1.86. The molecule has 0 atom stereocenters. The summed E-state index contributed by atoms with van der Waals surface area (Å²) in [6.45, 7) is 0.167. The van der Waals surface area contributed by atoms with Gasteiger partial charge in [0.1, 0.15) is 0 Å². The second kappa shape index (κ2) is 6.76. The molecule has 3 aromatic carbocycles. The molecule has 0 saturated heterocycles. The van der Waals surface area contributed by atoms with E-state index < -0.39 is 15.8 Å². The summed E-state index contributed by atoms with van der Waals surface area (Å²) in [4.78, 5) is 26.2. The Kier molecular flexibility index (Phi) is 4.39. The molecule has 0 unspecified atom stereocenters. The Morgan fingerprint density at radius 3 is 2.46 bits per heavy atom. The van der Waals surface area contributed by atoms with E-state index in [-0.39, 0.29) is 28.7 Å². The summed E-state index contributed by atoms with van der Waals surface area (Å²) in [5, 5.41) is 1.09. The molecule has 3 aromatic rings. The quantitative estimate of drug-likeness (QED) is 0.620. The summed E-state index contributed by atoms with van der Waals surface area (Å²) in [5.41, 5.74) is 1.04. The highest BCUT2D eigenvalue weighted by atomic mass is 32.2. The van der Waals surface area contributed by atoms with Crippen molar-refractivity contribution in [3.63, 3.8) is 0 Å². The van der Waals surface area contributed by atoms with E-state index >= 15 is 0 Å². The first-order valence-corrected chi connectivity index (χ1v) is 10.2. The van der Waals surface area contributed by atoms with Gasteiger partial charge in [0, 0.05) is 22.9 Å². The zero-order valence-electron chi connectivity index (χ0n) is 15.1. The van der Waals surface area contributed by atoms with Gasteiger partial charge in [-0.15, -0.1) is 0 Å². The molecule has 142 valence electrons. The maximum Gasteiger partial charge on any atom is 0.307 e. The number of benzene rings is 3. The largest absolute Gasteiger partial charge is 0.469 e. The highest BCUT2D eigenvalue weighted by Crippen LogP contribution is 2.41. The molecule has 0 aliphatic carbocycles. The van der Waals surface area contributed by atoms with Gasteiger partial charge in [0.25, 0.3) is 5.91 Å². The van der Waals surface area contributed by atoms with Crippen LogP contribution in [0.15, 0.2) is 70.5 Å². The predicted molar refractivity (Wildman–Crippen MR) is 104 cm³/mol. The molecule has 7 heteroatoms. The number of hydrogen-bond donors (Lipinski definition) is 0. The molecule has 0 aromatic heterocycles. The number of sulfone groups is 1. The van der Waals surface area contributed by atoms with Gasteiger partial charge < -0.3 is 9.64 Å². The van der Waals surface area contributed by atoms with Crippen LogP contribution in [0.5, 0.6) is 0 Å². The normalized spacial score (nSPS) is 13.2. The summed E-state index contributed by atoms with van der Waals surface area (Å²) in [5.74, 6) is -0.665. The van der Waals surface area contributed by atoms with Gasteiger partial charge in [0.15, 0.2) is 0 Å². The van der Waals surface area contributed by atoms with Crippen molar-refractivity contribution in [3.05, 3.63) is 66.2 Å². The van der Waals surface area contributed by atoms with Crippen molar-refractivity contribution in [1.82, 2.24) is 0 Å². The predicted octanol–water partition coefficient (Wildman–Crippen LogP) is 3.20. The lowest BCUT2D eigenvalue weighted by Gasteiger charge is -2.16. The van der Waals surface area contributed by atoms with Gasteiger partial charge >= 0.3 is 5.97 Å². The SMILES string of the molecule is COC(=O)CCN1C(=O)c2ccc(S(=O)(=O)c3ccccc3)c3cccc1c23. The zero-order valence-corrected chi connectivity index (χ0v) is 15.9. The van der Waals surface area contributed by atoms with Crippen LogP contribution in [0.4, 0.5) is 5.69 Å². The third-order valence-electron chi connectivity index (χ3n) is 4.86. The standard InChI is InChI=1S/C21H17NO5S/c1-27-19(23)12-13-22-17-9-5-8-15-18(11-10-16(20(15)17)21(22)24)28(25,26)14-6-3-2-4-7-14/h2-11H,12-13H2,1H3. The molecule has 6 nitrogen and oxygen atoms in total. The van der Waals surface area contributed by atoms with Crippen LogP contribution in [0.25, 0.3) is 10.8 Å². The van der Waals surface area contributed by atoms with Gasteiger partial charge in [-0.3, -0.25) is 9.59 Å². The number of methoxy groups -OCH3 is 1. The number of nitrogens with zero attached hydrogens (tertiary/aromatic N) is 1. The molecular formula is C21H17NO5S. The number of rotatable bonds is 5. The van der Waals surface area contributed by atoms with Crippen LogP contribution < -0.4 is 4.90 Å². The van der Waals surface area contributed by atoms with Crippen molar-refractivity contribution in [1.29, 1.82) is 0 Å². The first kappa shape index (κ1) is 18.2. The van der Waals surface area contributed by atoms with Gasteiger partial charge in [-0.25, -0.2) is 8.42 Å². The molecule has 0 fully saturated rings. The van der Waals surface area contributed by atoms with E-state index in [2.05, 4.69) is 4.74 Å². The molecule has 1 heterocycles. The molecule has 4 rings (SSSR count). The third-order valence-corrected chi connectivity index (χ3v) is 6.68. The van der Waals surface area contributed by atoms with Gasteiger partial charge in [-0.1, -0.05) is 30.3 Å². The van der Waals surface area contributed by atoms with Crippen LogP contribution in [-0.4, -0.2) is 33.9 Å². The van der Waals surface area contributed by atoms with E-state index in [4.69, 9.17) is 0 Å². The fraction of sp³-hybridized carbons (Fsp3) is 0.143. The highest BCUT2D eigenvalue weighted by molar-refractivity contribution is 7.91. The van der Waals surface area contributed by atoms with Crippen molar-refractivity contribution in [2.75, 3.05) is 18.6 Å². The summed E-state index contributed by atoms with van der Waals surface area (Å²) in [7, 11) is -2.44. The molecule has 0 radical (unpaired) electrons. The van der Waals surface area contributed by atoms with Crippen molar-refractivity contribution in [2.24, 2.45) is 0 Å². The van der Waals surface area contributed by atoms with Gasteiger partial charge in [-0.05, 0) is 30.3 Å². The fourth-order valence-electron chi connectivity index (χ4n) is 3.51. The summed E-state index contributed by atoms with van der Waals surface area (Å²) >= 11 is 0. The molecular weight excluding hydrogens is 378 g/mol. The number of esters is 1. The Labute approximate surface area is 162 Å². The molecule has 0 N–H and O–H groups in total. The molecule has 1 amide bonds. The van der Waals surface area contributed by atoms with Crippen molar-refractivity contribution in [3.8, 4) is 0 Å². The first-order chi connectivity index (χ1) is 13.4. The number of hydrogen-bond acceptors (Lipinski definition) is 5. The Morgan fingerprint density at radius 2 is 1.75 bits per heavy atom. The fourth-order valence-corrected chi connectivity index (χ4v) is 4.98. The molecule has 1 aliphatic rings. The monoisotopic (exact) mass is 395 g/mol. The first-order valence-electron chi connectivity index (χ1n) is 8.69. The number of carbonyl (C=O) groups is 2.